The molecular formula is C25H51NO3. The normalized spacial score (nSPS) is 14.0. The van der Waals surface area contributed by atoms with Crippen molar-refractivity contribution in [3.05, 3.63) is 0 Å². The molecule has 1 unspecified atom stereocenters. The molecule has 0 aliphatic heterocycles. The Labute approximate surface area is 182 Å². The van der Waals surface area contributed by atoms with Crippen LogP contribution in [0.25, 0.3) is 0 Å². The number of ether oxygens (including phenoxy) is 3. The van der Waals surface area contributed by atoms with Crippen LogP contribution in [0.5, 0.6) is 0 Å². The molecule has 0 saturated carbocycles. The molecule has 0 amide bonds. The van der Waals surface area contributed by atoms with E-state index in [4.69, 9.17) is 19.2 Å². The second-order valence-electron chi connectivity index (χ2n) is 8.51. The molecule has 0 aromatic carbocycles. The fourth-order valence-corrected chi connectivity index (χ4v) is 4.01. The summed E-state index contributed by atoms with van der Waals surface area (Å²) in [5, 5.41) is 0. The third-order valence-electron chi connectivity index (χ3n) is 5.24. The van der Waals surface area contributed by atoms with Crippen LogP contribution in [0.4, 0.5) is 0 Å². The second-order valence-corrected chi connectivity index (χ2v) is 8.51. The third-order valence-corrected chi connectivity index (χ3v) is 5.24. The molecule has 0 radical (unpaired) electrons. The molecule has 0 aromatic heterocycles. The Morgan fingerprint density at radius 1 is 0.759 bits per heavy atom. The summed E-state index contributed by atoms with van der Waals surface area (Å²) in [6.07, 6.45) is 12.0. The van der Waals surface area contributed by atoms with Crippen molar-refractivity contribution in [2.75, 3.05) is 26.4 Å². The topological polar surface area (TPSA) is 40.0 Å². The van der Waals surface area contributed by atoms with Gasteiger partial charge in [0.25, 0.3) is 5.97 Å². The number of rotatable bonds is 20. The van der Waals surface area contributed by atoms with E-state index in [1.54, 1.807) is 0 Å². The third kappa shape index (κ3) is 13.5. The number of aliphatic imine (C=N–C) groups is 1. The highest BCUT2D eigenvalue weighted by atomic mass is 16.9. The van der Waals surface area contributed by atoms with Crippen molar-refractivity contribution in [1.82, 2.24) is 0 Å². The Kier molecular flexibility index (Phi) is 18.0. The summed E-state index contributed by atoms with van der Waals surface area (Å²) in [7, 11) is 0. The zero-order valence-electron chi connectivity index (χ0n) is 20.7. The first-order valence-corrected chi connectivity index (χ1v) is 12.4. The van der Waals surface area contributed by atoms with Crippen molar-refractivity contribution in [1.29, 1.82) is 0 Å². The van der Waals surface area contributed by atoms with Gasteiger partial charge in [0.15, 0.2) is 0 Å². The van der Waals surface area contributed by atoms with Crippen LogP contribution in [-0.4, -0.2) is 38.1 Å². The Morgan fingerprint density at radius 2 is 1.28 bits per heavy atom. The van der Waals surface area contributed by atoms with Gasteiger partial charge in [-0.3, -0.25) is 4.99 Å². The van der Waals surface area contributed by atoms with E-state index in [1.807, 2.05) is 20.8 Å². The Morgan fingerprint density at radius 3 is 1.79 bits per heavy atom. The highest BCUT2D eigenvalue weighted by Crippen LogP contribution is 2.34. The molecule has 0 aliphatic carbocycles. The van der Waals surface area contributed by atoms with Gasteiger partial charge in [-0.25, -0.2) is 0 Å². The zero-order valence-corrected chi connectivity index (χ0v) is 20.7. The smallest absolute Gasteiger partial charge is 0.285 e. The van der Waals surface area contributed by atoms with Crippen LogP contribution in [-0.2, 0) is 14.2 Å². The average molecular weight is 414 g/mol. The van der Waals surface area contributed by atoms with E-state index in [1.165, 1.54) is 44.2 Å². The van der Waals surface area contributed by atoms with Gasteiger partial charge in [0, 0.05) is 38.0 Å². The summed E-state index contributed by atoms with van der Waals surface area (Å²) >= 11 is 0. The van der Waals surface area contributed by atoms with E-state index in [-0.39, 0.29) is 5.92 Å². The molecule has 29 heavy (non-hydrogen) atoms. The molecule has 4 nitrogen and oxygen atoms in total. The predicted octanol–water partition coefficient (Wildman–Crippen LogP) is 7.40. The van der Waals surface area contributed by atoms with Crippen LogP contribution in [0.3, 0.4) is 0 Å². The first-order valence-electron chi connectivity index (χ1n) is 12.4. The SMILES string of the molecule is CCCCCCCCC(CCCN=C(C)CC(C)C)C(OCC)(OCC)OCC. The predicted molar refractivity (Wildman–Crippen MR) is 126 cm³/mol. The molecule has 0 N–H and O–H groups in total. The van der Waals surface area contributed by atoms with Crippen LogP contribution in [0.2, 0.25) is 0 Å². The molecule has 0 spiro atoms. The quantitative estimate of drug-likeness (QED) is 0.118. The van der Waals surface area contributed by atoms with Crippen molar-refractivity contribution in [3.63, 3.8) is 0 Å². The summed E-state index contributed by atoms with van der Waals surface area (Å²) in [5.74, 6) is 0.00749. The summed E-state index contributed by atoms with van der Waals surface area (Å²) in [6, 6.07) is 0. The highest BCUT2D eigenvalue weighted by Gasteiger charge is 2.41. The van der Waals surface area contributed by atoms with Crippen LogP contribution in [0, 0.1) is 11.8 Å². The maximum absolute atomic E-state index is 6.12. The van der Waals surface area contributed by atoms with E-state index in [0.29, 0.717) is 25.7 Å². The summed E-state index contributed by atoms with van der Waals surface area (Å²) in [4.78, 5) is 4.78. The van der Waals surface area contributed by atoms with Crippen molar-refractivity contribution in [2.45, 2.75) is 119 Å². The number of hydrogen-bond donors (Lipinski definition) is 0. The number of hydrogen-bond acceptors (Lipinski definition) is 4. The lowest BCUT2D eigenvalue weighted by atomic mass is 9.92. The molecule has 0 bridgehead atoms. The minimum atomic E-state index is -0.904. The largest absolute Gasteiger partial charge is 0.328 e. The van der Waals surface area contributed by atoms with Crippen molar-refractivity contribution in [2.24, 2.45) is 16.8 Å². The molecule has 0 aliphatic rings. The van der Waals surface area contributed by atoms with Gasteiger partial charge >= 0.3 is 0 Å². The van der Waals surface area contributed by atoms with Crippen LogP contribution in [0.1, 0.15) is 113 Å². The molecule has 174 valence electrons. The first kappa shape index (κ1) is 28.5. The van der Waals surface area contributed by atoms with Crippen LogP contribution >= 0.6 is 0 Å². The number of nitrogens with zero attached hydrogens (tertiary/aromatic N) is 1. The Hall–Kier alpha value is -0.450. The monoisotopic (exact) mass is 413 g/mol. The van der Waals surface area contributed by atoms with Gasteiger partial charge in [0.2, 0.25) is 0 Å². The van der Waals surface area contributed by atoms with Crippen molar-refractivity contribution >= 4 is 5.71 Å². The van der Waals surface area contributed by atoms with Crippen LogP contribution in [0.15, 0.2) is 4.99 Å². The van der Waals surface area contributed by atoms with Gasteiger partial charge in [-0.15, -0.1) is 0 Å². The van der Waals surface area contributed by atoms with Gasteiger partial charge in [-0.1, -0.05) is 59.3 Å². The highest BCUT2D eigenvalue weighted by molar-refractivity contribution is 5.82. The molecule has 1 atom stereocenters. The second kappa shape index (κ2) is 18.3. The molecule has 0 heterocycles. The van der Waals surface area contributed by atoms with E-state index < -0.39 is 5.97 Å². The van der Waals surface area contributed by atoms with E-state index in [9.17, 15) is 0 Å². The van der Waals surface area contributed by atoms with Gasteiger partial charge in [-0.05, 0) is 59.3 Å². The van der Waals surface area contributed by atoms with E-state index in [2.05, 4.69) is 27.7 Å². The molecular weight excluding hydrogens is 362 g/mol. The molecule has 0 fully saturated rings. The summed E-state index contributed by atoms with van der Waals surface area (Å²) < 4.78 is 18.4. The van der Waals surface area contributed by atoms with Gasteiger partial charge in [-0.2, -0.15) is 0 Å². The molecule has 4 heteroatoms. The van der Waals surface area contributed by atoms with Crippen LogP contribution < -0.4 is 0 Å². The minimum Gasteiger partial charge on any atom is -0.328 e. The van der Waals surface area contributed by atoms with E-state index >= 15 is 0 Å². The lowest BCUT2D eigenvalue weighted by Gasteiger charge is -2.39. The molecule has 0 rings (SSSR count). The van der Waals surface area contributed by atoms with E-state index in [0.717, 1.165) is 32.2 Å². The van der Waals surface area contributed by atoms with Crippen molar-refractivity contribution < 1.29 is 14.2 Å². The summed E-state index contributed by atoms with van der Waals surface area (Å²) in [5.41, 5.74) is 1.26. The molecule has 0 aromatic rings. The fraction of sp³-hybridized carbons (Fsp3) is 0.960. The standard InChI is InChI=1S/C25H51NO3/c1-8-12-13-14-15-16-18-24(19-17-20-26-23(7)21-22(5)6)25(27-9-2,28-10-3)29-11-4/h22,24H,8-21H2,1-7H3. The fourth-order valence-electron chi connectivity index (χ4n) is 4.01. The van der Waals surface area contributed by atoms with Gasteiger partial charge in [0.05, 0.1) is 0 Å². The van der Waals surface area contributed by atoms with Gasteiger partial charge in [0.1, 0.15) is 0 Å². The maximum Gasteiger partial charge on any atom is 0.285 e. The zero-order chi connectivity index (χ0) is 22.0. The lowest BCUT2D eigenvalue weighted by Crippen LogP contribution is -2.47. The average Bonchev–Trinajstić information content (AvgIpc) is 2.66. The maximum atomic E-state index is 6.12. The Bertz CT molecular complexity index is 379. The lowest BCUT2D eigenvalue weighted by molar-refractivity contribution is -0.403. The first-order chi connectivity index (χ1) is 14.0. The minimum absolute atomic E-state index is 0.245. The Balaban J connectivity index is 4.95. The molecule has 0 saturated heterocycles. The van der Waals surface area contributed by atoms with Gasteiger partial charge < -0.3 is 14.2 Å². The summed E-state index contributed by atoms with van der Waals surface area (Å²) in [6.45, 7) is 17.6. The number of unbranched alkanes of at least 4 members (excludes halogenated alkanes) is 5. The van der Waals surface area contributed by atoms with Crippen molar-refractivity contribution in [3.8, 4) is 0 Å².